The van der Waals surface area contributed by atoms with Gasteiger partial charge in [0.25, 0.3) is 10.0 Å². The van der Waals surface area contributed by atoms with E-state index in [0.717, 1.165) is 4.47 Å². The van der Waals surface area contributed by atoms with Crippen molar-refractivity contribution in [2.24, 2.45) is 0 Å². The summed E-state index contributed by atoms with van der Waals surface area (Å²) in [5, 5.41) is 8.91. The van der Waals surface area contributed by atoms with Crippen molar-refractivity contribution in [1.29, 1.82) is 0 Å². The Morgan fingerprint density at radius 2 is 2.21 bits per heavy atom. The van der Waals surface area contributed by atoms with E-state index in [1.807, 2.05) is 0 Å². The number of hydrogen-bond acceptors (Lipinski definition) is 4. The number of H-pyrrole nitrogens is 1. The highest BCUT2D eigenvalue weighted by Gasteiger charge is 2.17. The molecular formula is C11H12BrN3O3S. The molecule has 0 atom stereocenters. The van der Waals surface area contributed by atoms with Crippen molar-refractivity contribution in [3.05, 3.63) is 40.3 Å². The Morgan fingerprint density at radius 1 is 1.47 bits per heavy atom. The van der Waals surface area contributed by atoms with Crippen LogP contribution in [-0.4, -0.2) is 23.5 Å². The van der Waals surface area contributed by atoms with Crippen LogP contribution in [0.2, 0.25) is 0 Å². The highest BCUT2D eigenvalue weighted by atomic mass is 79.9. The first-order valence-electron chi connectivity index (χ1n) is 5.36. The van der Waals surface area contributed by atoms with Crippen LogP contribution in [0.15, 0.2) is 33.8 Å². The summed E-state index contributed by atoms with van der Waals surface area (Å²) in [6.45, 7) is 1.52. The van der Waals surface area contributed by atoms with E-state index in [9.17, 15) is 8.42 Å². The number of anilines is 1. The van der Waals surface area contributed by atoms with Crippen molar-refractivity contribution in [3.63, 3.8) is 0 Å². The molecule has 0 aromatic carbocycles. The molecule has 2 aromatic rings. The number of aromatic nitrogens is 2. The molecule has 3 N–H and O–H groups in total. The highest BCUT2D eigenvalue weighted by Crippen LogP contribution is 2.19. The second-order valence-corrected chi connectivity index (χ2v) is 6.42. The largest absolute Gasteiger partial charge is 0.390 e. The number of aliphatic hydroxyl groups excluding tert-OH is 1. The number of pyridine rings is 1. The van der Waals surface area contributed by atoms with E-state index >= 15 is 0 Å². The fraction of sp³-hybridized carbons (Fsp3) is 0.182. The van der Waals surface area contributed by atoms with E-state index in [1.165, 1.54) is 12.3 Å². The van der Waals surface area contributed by atoms with Gasteiger partial charge in [-0.25, -0.2) is 13.4 Å². The molecule has 19 heavy (non-hydrogen) atoms. The topological polar surface area (TPSA) is 95.1 Å². The summed E-state index contributed by atoms with van der Waals surface area (Å²) in [4.78, 5) is 6.84. The van der Waals surface area contributed by atoms with Crippen LogP contribution < -0.4 is 4.72 Å². The van der Waals surface area contributed by atoms with Crippen molar-refractivity contribution in [2.45, 2.75) is 18.4 Å². The van der Waals surface area contributed by atoms with Crippen LogP contribution in [-0.2, 0) is 16.6 Å². The summed E-state index contributed by atoms with van der Waals surface area (Å²) in [5.41, 5.74) is 1.12. The summed E-state index contributed by atoms with van der Waals surface area (Å²) in [7, 11) is -3.70. The minimum absolute atomic E-state index is 0.0546. The first-order valence-corrected chi connectivity index (χ1v) is 7.64. The molecule has 2 heterocycles. The SMILES string of the molecule is Cc1nc(NS(=O)(=O)c2c[nH]c(CO)c2)ccc1Br. The molecule has 0 spiro atoms. The first kappa shape index (κ1) is 14.0. The average Bonchev–Trinajstić information content (AvgIpc) is 2.83. The Kier molecular flexibility index (Phi) is 3.93. The fourth-order valence-corrected chi connectivity index (χ4v) is 2.70. The molecular weight excluding hydrogens is 334 g/mol. The van der Waals surface area contributed by atoms with Gasteiger partial charge in [-0.3, -0.25) is 4.72 Å². The minimum Gasteiger partial charge on any atom is -0.390 e. The number of rotatable bonds is 4. The second-order valence-electron chi connectivity index (χ2n) is 3.89. The Labute approximate surface area is 119 Å². The molecule has 0 aliphatic carbocycles. The maximum Gasteiger partial charge on any atom is 0.264 e. The summed E-state index contributed by atoms with van der Waals surface area (Å²) < 4.78 is 27.3. The van der Waals surface area contributed by atoms with E-state index in [-0.39, 0.29) is 17.3 Å². The van der Waals surface area contributed by atoms with Crippen LogP contribution >= 0.6 is 15.9 Å². The third-order valence-electron chi connectivity index (χ3n) is 2.46. The molecule has 2 aromatic heterocycles. The van der Waals surface area contributed by atoms with Gasteiger partial charge in [0.05, 0.1) is 12.3 Å². The van der Waals surface area contributed by atoms with Gasteiger partial charge >= 0.3 is 0 Å². The number of aliphatic hydroxyl groups is 1. The Bertz CT molecular complexity index is 697. The molecule has 0 aliphatic rings. The zero-order valence-corrected chi connectivity index (χ0v) is 12.4. The lowest BCUT2D eigenvalue weighted by Gasteiger charge is -2.06. The zero-order chi connectivity index (χ0) is 14.0. The van der Waals surface area contributed by atoms with Gasteiger partial charge in [-0.15, -0.1) is 0 Å². The number of sulfonamides is 1. The number of aromatic amines is 1. The molecule has 0 saturated heterocycles. The zero-order valence-electron chi connectivity index (χ0n) is 10.0. The third kappa shape index (κ3) is 3.14. The maximum absolute atomic E-state index is 12.1. The van der Waals surface area contributed by atoms with Crippen LogP contribution in [0, 0.1) is 6.92 Å². The molecule has 0 bridgehead atoms. The molecule has 0 unspecified atom stereocenters. The lowest BCUT2D eigenvalue weighted by molar-refractivity contribution is 0.277. The normalized spacial score (nSPS) is 11.5. The highest BCUT2D eigenvalue weighted by molar-refractivity contribution is 9.10. The van der Waals surface area contributed by atoms with E-state index in [1.54, 1.807) is 19.1 Å². The average molecular weight is 346 g/mol. The summed E-state index contributed by atoms with van der Waals surface area (Å²) in [6, 6.07) is 4.65. The van der Waals surface area contributed by atoms with E-state index < -0.39 is 10.0 Å². The number of hydrogen-bond donors (Lipinski definition) is 3. The van der Waals surface area contributed by atoms with Crippen molar-refractivity contribution < 1.29 is 13.5 Å². The van der Waals surface area contributed by atoms with Gasteiger partial charge in [-0.2, -0.15) is 0 Å². The monoisotopic (exact) mass is 345 g/mol. The Hall–Kier alpha value is -1.38. The summed E-state index contributed by atoms with van der Waals surface area (Å²) in [5.74, 6) is 0.243. The van der Waals surface area contributed by atoms with Crippen molar-refractivity contribution in [1.82, 2.24) is 9.97 Å². The Balaban J connectivity index is 2.28. The number of aryl methyl sites for hydroxylation is 1. The van der Waals surface area contributed by atoms with Gasteiger partial charge in [-0.05, 0) is 41.1 Å². The van der Waals surface area contributed by atoms with Crippen LogP contribution in [0.5, 0.6) is 0 Å². The first-order chi connectivity index (χ1) is 8.92. The molecule has 0 fully saturated rings. The van der Waals surface area contributed by atoms with E-state index in [4.69, 9.17) is 5.11 Å². The second kappa shape index (κ2) is 5.32. The van der Waals surface area contributed by atoms with Crippen LogP contribution in [0.4, 0.5) is 5.82 Å². The van der Waals surface area contributed by atoms with Gasteiger partial charge in [-0.1, -0.05) is 0 Å². The van der Waals surface area contributed by atoms with Crippen molar-refractivity contribution in [3.8, 4) is 0 Å². The summed E-state index contributed by atoms with van der Waals surface area (Å²) >= 11 is 3.29. The smallest absolute Gasteiger partial charge is 0.264 e. The van der Waals surface area contributed by atoms with E-state index in [2.05, 4.69) is 30.6 Å². The lowest BCUT2D eigenvalue weighted by Crippen LogP contribution is -2.13. The number of nitrogens with zero attached hydrogens (tertiary/aromatic N) is 1. The quantitative estimate of drug-likeness (QED) is 0.786. The minimum atomic E-state index is -3.70. The molecule has 6 nitrogen and oxygen atoms in total. The molecule has 0 amide bonds. The molecule has 102 valence electrons. The van der Waals surface area contributed by atoms with Gasteiger partial charge in [0, 0.05) is 16.4 Å². The summed E-state index contributed by atoms with van der Waals surface area (Å²) in [6.07, 6.45) is 1.32. The maximum atomic E-state index is 12.1. The van der Waals surface area contributed by atoms with Crippen LogP contribution in [0.3, 0.4) is 0 Å². The molecule has 0 saturated carbocycles. The van der Waals surface area contributed by atoms with Crippen molar-refractivity contribution in [2.75, 3.05) is 4.72 Å². The molecule has 0 aliphatic heterocycles. The molecule has 2 rings (SSSR count). The standard InChI is InChI=1S/C11H12BrN3O3S/c1-7-10(12)2-3-11(14-7)15-19(17,18)9-4-8(6-16)13-5-9/h2-5,13,16H,6H2,1H3,(H,14,15). The lowest BCUT2D eigenvalue weighted by atomic mass is 10.4. The van der Waals surface area contributed by atoms with E-state index in [0.29, 0.717) is 11.4 Å². The third-order valence-corrected chi connectivity index (χ3v) is 4.63. The predicted octanol–water partition coefficient (Wildman–Crippen LogP) is 1.77. The van der Waals surface area contributed by atoms with Gasteiger partial charge < -0.3 is 10.1 Å². The van der Waals surface area contributed by atoms with Gasteiger partial charge in [0.2, 0.25) is 0 Å². The Morgan fingerprint density at radius 3 is 2.79 bits per heavy atom. The van der Waals surface area contributed by atoms with Crippen LogP contribution in [0.1, 0.15) is 11.4 Å². The number of halogens is 1. The van der Waals surface area contributed by atoms with Gasteiger partial charge in [0.15, 0.2) is 0 Å². The van der Waals surface area contributed by atoms with Crippen LogP contribution in [0.25, 0.3) is 0 Å². The predicted molar refractivity (Wildman–Crippen MR) is 74.2 cm³/mol. The van der Waals surface area contributed by atoms with Gasteiger partial charge in [0.1, 0.15) is 10.7 Å². The fourth-order valence-electron chi connectivity index (χ4n) is 1.46. The molecule has 0 radical (unpaired) electrons. The van der Waals surface area contributed by atoms with Crippen molar-refractivity contribution >= 4 is 31.8 Å². The number of nitrogens with one attached hydrogen (secondary N) is 2. The molecule has 8 heteroatoms.